The molecule has 0 aliphatic carbocycles. The van der Waals surface area contributed by atoms with Crippen LogP contribution in [0.25, 0.3) is 0 Å². The fraction of sp³-hybridized carbons (Fsp3) is 0.436. The van der Waals surface area contributed by atoms with E-state index in [9.17, 15) is 14.4 Å². The highest BCUT2D eigenvalue weighted by Crippen LogP contribution is 2.26. The highest BCUT2D eigenvalue weighted by Gasteiger charge is 2.15. The van der Waals surface area contributed by atoms with Gasteiger partial charge in [-0.15, -0.1) is 0 Å². The van der Waals surface area contributed by atoms with Crippen LogP contribution in [0.3, 0.4) is 0 Å². The summed E-state index contributed by atoms with van der Waals surface area (Å²) in [4.78, 5) is 37.7. The van der Waals surface area contributed by atoms with Crippen molar-refractivity contribution in [3.63, 3.8) is 0 Å². The van der Waals surface area contributed by atoms with Crippen LogP contribution in [-0.2, 0) is 4.79 Å². The van der Waals surface area contributed by atoms with Crippen molar-refractivity contribution in [1.29, 1.82) is 0 Å². The smallest absolute Gasteiger partial charge is 0.343 e. The lowest BCUT2D eigenvalue weighted by atomic mass is 10.0. The van der Waals surface area contributed by atoms with Gasteiger partial charge in [0.2, 0.25) is 5.91 Å². The Morgan fingerprint density at radius 2 is 1.09 bits per heavy atom. The second-order valence-electron chi connectivity index (χ2n) is 11.7. The van der Waals surface area contributed by atoms with E-state index in [0.29, 0.717) is 23.1 Å². The standard InChI is InChI=1S/C39H50N2O5/c1-2-3-4-5-6-7-8-9-10-11-12-13-14-15-22-27-37(42)41-40-31-34-28-29-35(45-38(43)32-23-18-16-19-24-32)30-36(34)46-39(44)33-25-20-17-21-26-33/h16-21,23-26,28-31H,2-15,22,27H2,1H3,(H,41,42). The molecule has 0 unspecified atom stereocenters. The van der Waals surface area contributed by atoms with E-state index in [-0.39, 0.29) is 17.4 Å². The molecule has 246 valence electrons. The number of amides is 1. The second-order valence-corrected chi connectivity index (χ2v) is 11.7. The van der Waals surface area contributed by atoms with Crippen LogP contribution in [0.4, 0.5) is 0 Å². The first kappa shape index (κ1) is 36.2. The lowest BCUT2D eigenvalue weighted by Gasteiger charge is -2.10. The van der Waals surface area contributed by atoms with Gasteiger partial charge in [-0.3, -0.25) is 4.79 Å². The molecule has 0 radical (unpaired) electrons. The summed E-state index contributed by atoms with van der Waals surface area (Å²) in [5.41, 5.74) is 3.77. The Morgan fingerprint density at radius 3 is 1.61 bits per heavy atom. The number of nitrogens with one attached hydrogen (secondary N) is 1. The van der Waals surface area contributed by atoms with Crippen LogP contribution < -0.4 is 14.9 Å². The quantitative estimate of drug-likeness (QED) is 0.0394. The number of nitrogens with zero attached hydrogens (tertiary/aromatic N) is 1. The van der Waals surface area contributed by atoms with Gasteiger partial charge in [-0.2, -0.15) is 5.10 Å². The Labute approximate surface area is 274 Å². The van der Waals surface area contributed by atoms with Crippen LogP contribution in [0.15, 0.2) is 84.0 Å². The predicted molar refractivity (Wildman–Crippen MR) is 185 cm³/mol. The van der Waals surface area contributed by atoms with Crippen molar-refractivity contribution < 1.29 is 23.9 Å². The molecule has 7 nitrogen and oxygen atoms in total. The van der Waals surface area contributed by atoms with Gasteiger partial charge in [-0.1, -0.05) is 133 Å². The Kier molecular flexibility index (Phi) is 17.5. The number of ether oxygens (including phenoxy) is 2. The first-order valence-corrected chi connectivity index (χ1v) is 17.1. The van der Waals surface area contributed by atoms with Gasteiger partial charge >= 0.3 is 11.9 Å². The fourth-order valence-electron chi connectivity index (χ4n) is 5.13. The molecule has 0 spiro atoms. The van der Waals surface area contributed by atoms with Crippen LogP contribution in [0.1, 0.15) is 136 Å². The summed E-state index contributed by atoms with van der Waals surface area (Å²) in [6, 6.07) is 21.9. The summed E-state index contributed by atoms with van der Waals surface area (Å²) in [5.74, 6) is -0.915. The van der Waals surface area contributed by atoms with Crippen molar-refractivity contribution in [2.45, 2.75) is 110 Å². The summed E-state index contributed by atoms with van der Waals surface area (Å²) in [5, 5.41) is 4.09. The van der Waals surface area contributed by atoms with Crippen LogP contribution >= 0.6 is 0 Å². The number of carbonyl (C=O) groups is 3. The van der Waals surface area contributed by atoms with Crippen molar-refractivity contribution in [2.24, 2.45) is 5.10 Å². The first-order chi connectivity index (χ1) is 22.6. The molecular formula is C39H50N2O5. The van der Waals surface area contributed by atoms with E-state index in [4.69, 9.17) is 9.47 Å². The maximum Gasteiger partial charge on any atom is 0.343 e. The minimum Gasteiger partial charge on any atom is -0.423 e. The van der Waals surface area contributed by atoms with Gasteiger partial charge in [-0.25, -0.2) is 15.0 Å². The molecule has 1 amide bonds. The minimum atomic E-state index is -0.570. The van der Waals surface area contributed by atoms with Crippen molar-refractivity contribution in [3.8, 4) is 11.5 Å². The average molecular weight is 627 g/mol. The summed E-state index contributed by atoms with van der Waals surface area (Å²) in [6.45, 7) is 2.26. The maximum absolute atomic E-state index is 12.8. The number of hydrazone groups is 1. The van der Waals surface area contributed by atoms with Gasteiger partial charge in [0.15, 0.2) is 0 Å². The molecule has 0 aromatic heterocycles. The highest BCUT2D eigenvalue weighted by atomic mass is 16.5. The number of carbonyl (C=O) groups excluding carboxylic acids is 3. The monoisotopic (exact) mass is 626 g/mol. The molecule has 3 rings (SSSR count). The maximum atomic E-state index is 12.8. The molecule has 7 heteroatoms. The van der Waals surface area contributed by atoms with Gasteiger partial charge in [0.05, 0.1) is 17.3 Å². The fourth-order valence-corrected chi connectivity index (χ4v) is 5.13. The largest absolute Gasteiger partial charge is 0.423 e. The number of hydrogen-bond acceptors (Lipinski definition) is 6. The molecule has 0 saturated heterocycles. The molecule has 46 heavy (non-hydrogen) atoms. The van der Waals surface area contributed by atoms with Crippen LogP contribution in [0.5, 0.6) is 11.5 Å². The van der Waals surface area contributed by atoms with Crippen LogP contribution in [-0.4, -0.2) is 24.1 Å². The van der Waals surface area contributed by atoms with Gasteiger partial charge < -0.3 is 9.47 Å². The molecule has 0 atom stereocenters. The van der Waals surface area contributed by atoms with Crippen molar-refractivity contribution >= 4 is 24.1 Å². The summed E-state index contributed by atoms with van der Waals surface area (Å²) in [7, 11) is 0. The van der Waals surface area contributed by atoms with Gasteiger partial charge in [0.1, 0.15) is 11.5 Å². The summed E-state index contributed by atoms with van der Waals surface area (Å²) < 4.78 is 11.1. The first-order valence-electron chi connectivity index (χ1n) is 17.1. The Bertz CT molecular complexity index is 1340. The Hall–Kier alpha value is -4.26. The molecule has 0 aliphatic heterocycles. The molecule has 0 fully saturated rings. The Balaban J connectivity index is 1.39. The van der Waals surface area contributed by atoms with E-state index < -0.39 is 11.9 Å². The SMILES string of the molecule is CCCCCCCCCCCCCCCCCC(=O)NN=Cc1ccc(OC(=O)c2ccccc2)cc1OC(=O)c1ccccc1. The van der Waals surface area contributed by atoms with E-state index in [1.54, 1.807) is 66.7 Å². The van der Waals surface area contributed by atoms with Crippen LogP contribution in [0.2, 0.25) is 0 Å². The van der Waals surface area contributed by atoms with Gasteiger partial charge in [-0.05, 0) is 42.8 Å². The van der Waals surface area contributed by atoms with Gasteiger partial charge in [0.25, 0.3) is 0 Å². The number of rotatable bonds is 22. The normalized spacial score (nSPS) is 11.0. The third kappa shape index (κ3) is 14.7. The van der Waals surface area contributed by atoms with E-state index in [0.717, 1.165) is 19.3 Å². The van der Waals surface area contributed by atoms with Crippen molar-refractivity contribution in [1.82, 2.24) is 5.43 Å². The van der Waals surface area contributed by atoms with E-state index >= 15 is 0 Å². The lowest BCUT2D eigenvalue weighted by molar-refractivity contribution is -0.121. The number of hydrogen-bond donors (Lipinski definition) is 1. The molecular weight excluding hydrogens is 576 g/mol. The van der Waals surface area contributed by atoms with Crippen molar-refractivity contribution in [3.05, 3.63) is 95.6 Å². The third-order valence-corrected chi connectivity index (χ3v) is 7.82. The highest BCUT2D eigenvalue weighted by molar-refractivity contribution is 5.94. The number of esters is 2. The molecule has 0 aliphatic rings. The number of benzene rings is 3. The summed E-state index contributed by atoms with van der Waals surface area (Å²) >= 11 is 0. The minimum absolute atomic E-state index is 0.146. The molecule has 0 bridgehead atoms. The average Bonchev–Trinajstić information content (AvgIpc) is 3.08. The van der Waals surface area contributed by atoms with E-state index in [1.165, 1.54) is 89.3 Å². The zero-order chi connectivity index (χ0) is 32.7. The molecule has 1 N–H and O–H groups in total. The zero-order valence-corrected chi connectivity index (χ0v) is 27.4. The Morgan fingerprint density at radius 1 is 0.609 bits per heavy atom. The van der Waals surface area contributed by atoms with E-state index in [1.807, 2.05) is 6.07 Å². The van der Waals surface area contributed by atoms with Crippen molar-refractivity contribution in [2.75, 3.05) is 0 Å². The summed E-state index contributed by atoms with van der Waals surface area (Å²) in [6.07, 6.45) is 20.9. The molecule has 3 aromatic rings. The molecule has 0 heterocycles. The van der Waals surface area contributed by atoms with E-state index in [2.05, 4.69) is 17.5 Å². The molecule has 0 saturated carbocycles. The third-order valence-electron chi connectivity index (χ3n) is 7.82. The topological polar surface area (TPSA) is 94.1 Å². The van der Waals surface area contributed by atoms with Crippen LogP contribution in [0, 0.1) is 0 Å². The lowest BCUT2D eigenvalue weighted by Crippen LogP contribution is -2.17. The second kappa shape index (κ2) is 22.3. The van der Waals surface area contributed by atoms with Gasteiger partial charge in [0, 0.05) is 18.1 Å². The zero-order valence-electron chi connectivity index (χ0n) is 27.4. The number of unbranched alkanes of at least 4 members (excludes halogenated alkanes) is 14. The molecule has 3 aromatic carbocycles. The predicted octanol–water partition coefficient (Wildman–Crippen LogP) is 9.84.